The first-order chi connectivity index (χ1) is 7.58. The van der Waals surface area contributed by atoms with Crippen LogP contribution in [-0.2, 0) is 0 Å². The summed E-state index contributed by atoms with van der Waals surface area (Å²) < 4.78 is 0. The number of nitrogen functional groups attached to an aromatic ring is 1. The van der Waals surface area contributed by atoms with Crippen molar-refractivity contribution in [2.75, 3.05) is 5.43 Å². The minimum Gasteiger partial charge on any atom is -0.350 e. The van der Waals surface area contributed by atoms with Crippen molar-refractivity contribution in [3.63, 3.8) is 0 Å². The lowest BCUT2D eigenvalue weighted by Gasteiger charge is -2.14. The summed E-state index contributed by atoms with van der Waals surface area (Å²) in [6, 6.07) is 5.07. The van der Waals surface area contributed by atoms with Crippen molar-refractivity contribution < 1.29 is 4.79 Å². The minimum absolute atomic E-state index is 0.122. The molecule has 1 amide bonds. The SMILES string of the molecule is CCC(C)NC(=O)c1cc(Cl)ccc1NN. The van der Waals surface area contributed by atoms with Crippen LogP contribution >= 0.6 is 11.6 Å². The topological polar surface area (TPSA) is 67.2 Å². The Bertz CT molecular complexity index is 381. The molecule has 4 nitrogen and oxygen atoms in total. The Balaban J connectivity index is 2.93. The molecular formula is C11H16ClN3O. The number of carbonyl (C=O) groups excluding carboxylic acids is 1. The second kappa shape index (κ2) is 5.72. The smallest absolute Gasteiger partial charge is 0.253 e. The van der Waals surface area contributed by atoms with Gasteiger partial charge >= 0.3 is 0 Å². The van der Waals surface area contributed by atoms with E-state index in [1.165, 1.54) is 0 Å². The van der Waals surface area contributed by atoms with Crippen molar-refractivity contribution >= 4 is 23.2 Å². The number of benzene rings is 1. The molecule has 1 unspecified atom stereocenters. The van der Waals surface area contributed by atoms with Crippen LogP contribution in [0.2, 0.25) is 5.02 Å². The highest BCUT2D eigenvalue weighted by Gasteiger charge is 2.13. The minimum atomic E-state index is -0.176. The molecule has 16 heavy (non-hydrogen) atoms. The fraction of sp³-hybridized carbons (Fsp3) is 0.364. The molecule has 0 spiro atoms. The molecule has 1 rings (SSSR count). The molecule has 0 aromatic heterocycles. The largest absolute Gasteiger partial charge is 0.350 e. The molecule has 0 heterocycles. The van der Waals surface area contributed by atoms with Crippen molar-refractivity contribution in [3.8, 4) is 0 Å². The summed E-state index contributed by atoms with van der Waals surface area (Å²) in [5, 5.41) is 3.36. The Morgan fingerprint density at radius 2 is 2.25 bits per heavy atom. The summed E-state index contributed by atoms with van der Waals surface area (Å²) in [6.07, 6.45) is 0.873. The molecule has 0 radical (unpaired) electrons. The van der Waals surface area contributed by atoms with Gasteiger partial charge in [0, 0.05) is 11.1 Å². The fourth-order valence-electron chi connectivity index (χ4n) is 1.23. The number of hydrazine groups is 1. The van der Waals surface area contributed by atoms with Crippen molar-refractivity contribution in [3.05, 3.63) is 28.8 Å². The van der Waals surface area contributed by atoms with Crippen LogP contribution in [0.1, 0.15) is 30.6 Å². The van der Waals surface area contributed by atoms with Crippen LogP contribution in [0.4, 0.5) is 5.69 Å². The monoisotopic (exact) mass is 241 g/mol. The molecule has 0 aliphatic heterocycles. The lowest BCUT2D eigenvalue weighted by molar-refractivity contribution is 0.0940. The third-order valence-electron chi connectivity index (χ3n) is 2.37. The van der Waals surface area contributed by atoms with Gasteiger partial charge in [-0.05, 0) is 31.5 Å². The average molecular weight is 242 g/mol. The summed E-state index contributed by atoms with van der Waals surface area (Å²) in [6.45, 7) is 3.95. The maximum Gasteiger partial charge on any atom is 0.253 e. The van der Waals surface area contributed by atoms with Gasteiger partial charge in [-0.2, -0.15) is 0 Å². The highest BCUT2D eigenvalue weighted by Crippen LogP contribution is 2.19. The van der Waals surface area contributed by atoms with Crippen LogP contribution in [0, 0.1) is 0 Å². The van der Waals surface area contributed by atoms with Crippen molar-refractivity contribution in [2.45, 2.75) is 26.3 Å². The maximum absolute atomic E-state index is 11.9. The third-order valence-corrected chi connectivity index (χ3v) is 2.61. The standard InChI is InChI=1S/C11H16ClN3O/c1-3-7(2)14-11(16)9-6-8(12)4-5-10(9)15-13/h4-7,15H,3,13H2,1-2H3,(H,14,16). The Morgan fingerprint density at radius 3 is 2.81 bits per heavy atom. The number of hydrogen-bond donors (Lipinski definition) is 3. The Hall–Kier alpha value is -1.26. The third kappa shape index (κ3) is 3.12. The second-order valence-electron chi connectivity index (χ2n) is 3.62. The summed E-state index contributed by atoms with van der Waals surface area (Å²) in [5.41, 5.74) is 3.49. The van der Waals surface area contributed by atoms with Gasteiger partial charge in [0.25, 0.3) is 5.91 Å². The molecule has 0 fully saturated rings. The van der Waals surface area contributed by atoms with Crippen LogP contribution < -0.4 is 16.6 Å². The summed E-state index contributed by atoms with van der Waals surface area (Å²) in [7, 11) is 0. The van der Waals surface area contributed by atoms with Gasteiger partial charge in [-0.25, -0.2) is 0 Å². The second-order valence-corrected chi connectivity index (χ2v) is 4.05. The number of hydrogen-bond acceptors (Lipinski definition) is 3. The molecule has 1 aromatic rings. The van der Waals surface area contributed by atoms with Gasteiger partial charge < -0.3 is 10.7 Å². The number of carbonyl (C=O) groups is 1. The molecule has 0 saturated heterocycles. The van der Waals surface area contributed by atoms with E-state index in [0.29, 0.717) is 16.3 Å². The van der Waals surface area contributed by atoms with Crippen LogP contribution in [-0.4, -0.2) is 11.9 Å². The van der Waals surface area contributed by atoms with Crippen molar-refractivity contribution in [1.82, 2.24) is 5.32 Å². The van der Waals surface area contributed by atoms with E-state index < -0.39 is 0 Å². The van der Waals surface area contributed by atoms with Crippen molar-refractivity contribution in [1.29, 1.82) is 0 Å². The fourth-order valence-corrected chi connectivity index (χ4v) is 1.41. The molecule has 5 heteroatoms. The lowest BCUT2D eigenvalue weighted by Crippen LogP contribution is -2.32. The normalized spacial score (nSPS) is 12.0. The van der Waals surface area contributed by atoms with E-state index in [9.17, 15) is 4.79 Å². The first-order valence-electron chi connectivity index (χ1n) is 5.15. The zero-order chi connectivity index (χ0) is 12.1. The molecule has 0 bridgehead atoms. The number of anilines is 1. The van der Waals surface area contributed by atoms with Crippen LogP contribution in [0.25, 0.3) is 0 Å². The Labute approximate surface area is 100 Å². The zero-order valence-electron chi connectivity index (χ0n) is 9.38. The molecule has 0 aliphatic rings. The van der Waals surface area contributed by atoms with Crippen LogP contribution in [0.5, 0.6) is 0 Å². The molecule has 88 valence electrons. The Kier molecular flexibility index (Phi) is 4.58. The van der Waals surface area contributed by atoms with Gasteiger partial charge in [0.2, 0.25) is 0 Å². The van der Waals surface area contributed by atoms with E-state index in [2.05, 4.69) is 10.7 Å². The number of nitrogens with one attached hydrogen (secondary N) is 2. The van der Waals surface area contributed by atoms with E-state index >= 15 is 0 Å². The van der Waals surface area contributed by atoms with Crippen LogP contribution in [0.15, 0.2) is 18.2 Å². The molecule has 4 N–H and O–H groups in total. The van der Waals surface area contributed by atoms with Gasteiger partial charge in [-0.15, -0.1) is 0 Å². The van der Waals surface area contributed by atoms with Gasteiger partial charge in [0.15, 0.2) is 0 Å². The average Bonchev–Trinajstić information content (AvgIpc) is 2.28. The number of nitrogens with two attached hydrogens (primary N) is 1. The van der Waals surface area contributed by atoms with E-state index in [1.807, 2.05) is 13.8 Å². The van der Waals surface area contributed by atoms with Gasteiger partial charge in [-0.3, -0.25) is 10.6 Å². The first-order valence-corrected chi connectivity index (χ1v) is 5.53. The summed E-state index contributed by atoms with van der Waals surface area (Å²) >= 11 is 5.84. The van der Waals surface area contributed by atoms with E-state index in [-0.39, 0.29) is 11.9 Å². The molecule has 0 aliphatic carbocycles. The van der Waals surface area contributed by atoms with Crippen LogP contribution in [0.3, 0.4) is 0 Å². The molecule has 1 aromatic carbocycles. The highest BCUT2D eigenvalue weighted by atomic mass is 35.5. The van der Waals surface area contributed by atoms with E-state index in [1.54, 1.807) is 18.2 Å². The summed E-state index contributed by atoms with van der Waals surface area (Å²) in [5.74, 6) is 5.15. The zero-order valence-corrected chi connectivity index (χ0v) is 10.1. The number of amides is 1. The van der Waals surface area contributed by atoms with Gasteiger partial charge in [0.05, 0.1) is 11.3 Å². The maximum atomic E-state index is 11.9. The molecule has 0 saturated carbocycles. The lowest BCUT2D eigenvalue weighted by atomic mass is 10.1. The number of rotatable bonds is 4. The number of halogens is 1. The van der Waals surface area contributed by atoms with Gasteiger partial charge in [0.1, 0.15) is 0 Å². The predicted molar refractivity (Wildman–Crippen MR) is 66.5 cm³/mol. The molecular weight excluding hydrogens is 226 g/mol. The summed E-state index contributed by atoms with van der Waals surface area (Å²) in [4.78, 5) is 11.9. The predicted octanol–water partition coefficient (Wildman–Crippen LogP) is 2.15. The van der Waals surface area contributed by atoms with Gasteiger partial charge in [-0.1, -0.05) is 18.5 Å². The Morgan fingerprint density at radius 1 is 1.56 bits per heavy atom. The van der Waals surface area contributed by atoms with E-state index in [4.69, 9.17) is 17.4 Å². The van der Waals surface area contributed by atoms with Crippen molar-refractivity contribution in [2.24, 2.45) is 5.84 Å². The molecule has 1 atom stereocenters. The van der Waals surface area contributed by atoms with E-state index in [0.717, 1.165) is 6.42 Å². The quantitative estimate of drug-likeness (QED) is 0.559. The highest BCUT2D eigenvalue weighted by molar-refractivity contribution is 6.31. The first kappa shape index (κ1) is 12.8.